The molecule has 1 aliphatic rings. The molecule has 0 amide bonds. The van der Waals surface area contributed by atoms with Crippen LogP contribution in [0.4, 0.5) is 4.39 Å². The molecule has 18 heavy (non-hydrogen) atoms. The van der Waals surface area contributed by atoms with E-state index in [1.165, 1.54) is 0 Å². The monoisotopic (exact) mass is 260 g/mol. The second-order valence-corrected chi connectivity index (χ2v) is 4.06. The molecule has 3 N–H and O–H groups in total. The topological polar surface area (TPSA) is 105 Å². The Labute approximate surface area is 100 Å². The predicted molar refractivity (Wildman–Crippen MR) is 57.8 cm³/mol. The van der Waals surface area contributed by atoms with Crippen LogP contribution in [0.15, 0.2) is 21.9 Å². The second-order valence-electron chi connectivity index (χ2n) is 4.06. The van der Waals surface area contributed by atoms with Crippen molar-refractivity contribution in [3.63, 3.8) is 0 Å². The van der Waals surface area contributed by atoms with Gasteiger partial charge in [0.1, 0.15) is 0 Å². The van der Waals surface area contributed by atoms with Crippen LogP contribution >= 0.6 is 0 Å². The van der Waals surface area contributed by atoms with E-state index in [2.05, 4.69) is 0 Å². The zero-order valence-electron chi connectivity index (χ0n) is 9.32. The van der Waals surface area contributed by atoms with Crippen molar-refractivity contribution >= 4 is 0 Å². The predicted octanol–water partition coefficient (Wildman–Crippen LogP) is -1.63. The minimum atomic E-state index is -1.64. The number of nitrogens with zero attached hydrogens (tertiary/aromatic N) is 1. The Balaban J connectivity index is 2.34. The molecule has 1 aliphatic heterocycles. The molecule has 1 aromatic heterocycles. The van der Waals surface area contributed by atoms with Crippen molar-refractivity contribution in [3.8, 4) is 0 Å². The molecule has 2 heterocycles. The van der Waals surface area contributed by atoms with Crippen LogP contribution in [0, 0.1) is 5.92 Å². The molecule has 0 bridgehead atoms. The van der Waals surface area contributed by atoms with Gasteiger partial charge in [0.05, 0.1) is 19.3 Å². The molecule has 1 saturated heterocycles. The van der Waals surface area contributed by atoms with Crippen molar-refractivity contribution in [2.24, 2.45) is 5.92 Å². The highest BCUT2D eigenvalue weighted by atomic mass is 19.1. The fourth-order valence-electron chi connectivity index (χ4n) is 2.01. The van der Waals surface area contributed by atoms with E-state index in [1.54, 1.807) is 0 Å². The first-order valence-electron chi connectivity index (χ1n) is 5.41. The SMILES string of the molecule is O=c1ccn([C@@H]2O[C@H](CO)[C@H](CO)[C@@H]2F)c(=O)[nH]1. The number of nitrogens with one attached hydrogen (secondary N) is 1. The molecule has 1 fully saturated rings. The van der Waals surface area contributed by atoms with E-state index >= 15 is 0 Å². The zero-order chi connectivity index (χ0) is 13.3. The van der Waals surface area contributed by atoms with Gasteiger partial charge in [-0.3, -0.25) is 14.3 Å². The number of rotatable bonds is 3. The number of hydrogen-bond donors (Lipinski definition) is 3. The van der Waals surface area contributed by atoms with E-state index < -0.39 is 48.9 Å². The number of aliphatic hydroxyl groups excluding tert-OH is 2. The number of alkyl halides is 1. The van der Waals surface area contributed by atoms with E-state index in [9.17, 15) is 14.0 Å². The first kappa shape index (κ1) is 12.9. The Kier molecular flexibility index (Phi) is 3.60. The molecule has 0 radical (unpaired) electrons. The molecule has 0 spiro atoms. The smallest absolute Gasteiger partial charge is 0.330 e. The van der Waals surface area contributed by atoms with Gasteiger partial charge >= 0.3 is 5.69 Å². The number of ether oxygens (including phenoxy) is 1. The van der Waals surface area contributed by atoms with Crippen molar-refractivity contribution in [2.45, 2.75) is 18.5 Å². The van der Waals surface area contributed by atoms with Crippen LogP contribution in [-0.2, 0) is 4.74 Å². The summed E-state index contributed by atoms with van der Waals surface area (Å²) in [5, 5.41) is 18.1. The summed E-state index contributed by atoms with van der Waals surface area (Å²) in [7, 11) is 0. The van der Waals surface area contributed by atoms with Gasteiger partial charge in [-0.1, -0.05) is 0 Å². The number of hydrogen-bond acceptors (Lipinski definition) is 5. The Morgan fingerprint density at radius 1 is 1.39 bits per heavy atom. The van der Waals surface area contributed by atoms with E-state index in [-0.39, 0.29) is 0 Å². The van der Waals surface area contributed by atoms with Crippen LogP contribution in [0.1, 0.15) is 6.23 Å². The van der Waals surface area contributed by atoms with Gasteiger partial charge < -0.3 is 14.9 Å². The standard InChI is InChI=1S/C10H13FN2O5/c11-8-5(3-14)6(4-15)18-9(8)13-2-1-7(16)12-10(13)17/h1-2,5-6,8-9,14-15H,3-4H2,(H,12,16,17)/t5-,6+,8-,9+/m0/s1. The Hall–Kier alpha value is -1.51. The molecule has 2 rings (SSSR count). The van der Waals surface area contributed by atoms with Gasteiger partial charge in [0.15, 0.2) is 12.4 Å². The van der Waals surface area contributed by atoms with Crippen LogP contribution in [0.2, 0.25) is 0 Å². The average Bonchev–Trinajstić information content (AvgIpc) is 2.66. The van der Waals surface area contributed by atoms with Gasteiger partial charge in [0.25, 0.3) is 5.56 Å². The van der Waals surface area contributed by atoms with Gasteiger partial charge in [0.2, 0.25) is 0 Å². The molecule has 8 heteroatoms. The van der Waals surface area contributed by atoms with Gasteiger partial charge in [-0.2, -0.15) is 0 Å². The summed E-state index contributed by atoms with van der Waals surface area (Å²) in [6.07, 6.45) is -2.67. The number of H-pyrrole nitrogens is 1. The number of aliphatic hydroxyl groups is 2. The van der Waals surface area contributed by atoms with Gasteiger partial charge in [0, 0.05) is 18.2 Å². The van der Waals surface area contributed by atoms with Crippen LogP contribution < -0.4 is 11.2 Å². The third kappa shape index (κ3) is 2.09. The molecule has 0 aromatic carbocycles. The summed E-state index contributed by atoms with van der Waals surface area (Å²) in [5.41, 5.74) is -1.40. The zero-order valence-corrected chi connectivity index (χ0v) is 9.32. The minimum absolute atomic E-state index is 0.458. The van der Waals surface area contributed by atoms with Crippen LogP contribution in [0.3, 0.4) is 0 Å². The normalized spacial score (nSPS) is 31.7. The summed E-state index contributed by atoms with van der Waals surface area (Å²) < 4.78 is 20.1. The molecule has 1 aromatic rings. The lowest BCUT2D eigenvalue weighted by Gasteiger charge is -2.15. The Morgan fingerprint density at radius 2 is 2.11 bits per heavy atom. The van der Waals surface area contributed by atoms with Crippen molar-refractivity contribution in [1.29, 1.82) is 0 Å². The van der Waals surface area contributed by atoms with E-state index in [0.717, 1.165) is 16.8 Å². The molecule has 4 atom stereocenters. The van der Waals surface area contributed by atoms with Gasteiger partial charge in [-0.15, -0.1) is 0 Å². The summed E-state index contributed by atoms with van der Waals surface area (Å²) in [4.78, 5) is 24.4. The molecular formula is C10H13FN2O5. The van der Waals surface area contributed by atoms with Gasteiger partial charge in [-0.25, -0.2) is 9.18 Å². The highest BCUT2D eigenvalue weighted by molar-refractivity contribution is 4.92. The minimum Gasteiger partial charge on any atom is -0.396 e. The third-order valence-corrected chi connectivity index (χ3v) is 2.99. The second kappa shape index (κ2) is 5.01. The number of aromatic nitrogens is 2. The fourth-order valence-corrected chi connectivity index (χ4v) is 2.01. The van der Waals surface area contributed by atoms with Gasteiger partial charge in [-0.05, 0) is 0 Å². The maximum absolute atomic E-state index is 14.0. The number of aromatic amines is 1. The highest BCUT2D eigenvalue weighted by Crippen LogP contribution is 2.34. The van der Waals surface area contributed by atoms with Crippen molar-refractivity contribution < 1.29 is 19.3 Å². The van der Waals surface area contributed by atoms with E-state index in [4.69, 9.17) is 14.9 Å². The van der Waals surface area contributed by atoms with Crippen LogP contribution in [0.25, 0.3) is 0 Å². The molecule has 7 nitrogen and oxygen atoms in total. The Bertz CT molecular complexity index is 527. The lowest BCUT2D eigenvalue weighted by Crippen LogP contribution is -2.35. The average molecular weight is 260 g/mol. The third-order valence-electron chi connectivity index (χ3n) is 2.99. The van der Waals surface area contributed by atoms with Crippen molar-refractivity contribution in [1.82, 2.24) is 9.55 Å². The van der Waals surface area contributed by atoms with Crippen LogP contribution in [-0.4, -0.2) is 45.3 Å². The lowest BCUT2D eigenvalue weighted by molar-refractivity contribution is -0.0441. The molecule has 0 aliphatic carbocycles. The molecule has 100 valence electrons. The quantitative estimate of drug-likeness (QED) is 0.605. The Morgan fingerprint density at radius 3 is 2.61 bits per heavy atom. The van der Waals surface area contributed by atoms with Crippen LogP contribution in [0.5, 0.6) is 0 Å². The molecular weight excluding hydrogens is 247 g/mol. The maximum Gasteiger partial charge on any atom is 0.330 e. The maximum atomic E-state index is 14.0. The van der Waals surface area contributed by atoms with E-state index in [1.807, 2.05) is 4.98 Å². The summed E-state index contributed by atoms with van der Waals surface area (Å²) in [6, 6.07) is 1.07. The molecule has 0 unspecified atom stereocenters. The first-order chi connectivity index (χ1) is 8.58. The van der Waals surface area contributed by atoms with Crippen molar-refractivity contribution in [3.05, 3.63) is 33.1 Å². The summed E-state index contributed by atoms with van der Waals surface area (Å²) in [5.74, 6) is -0.904. The fraction of sp³-hybridized carbons (Fsp3) is 0.600. The van der Waals surface area contributed by atoms with E-state index in [0.29, 0.717) is 0 Å². The van der Waals surface area contributed by atoms with Crippen molar-refractivity contribution in [2.75, 3.05) is 13.2 Å². The first-order valence-corrected chi connectivity index (χ1v) is 5.41. The highest BCUT2D eigenvalue weighted by Gasteiger charge is 2.45. The lowest BCUT2D eigenvalue weighted by atomic mass is 10.0. The summed E-state index contributed by atoms with van der Waals surface area (Å²) in [6.45, 7) is -0.957. The summed E-state index contributed by atoms with van der Waals surface area (Å²) >= 11 is 0. The largest absolute Gasteiger partial charge is 0.396 e. The molecule has 0 saturated carbocycles. The number of halogens is 1.